The van der Waals surface area contributed by atoms with E-state index in [1.807, 2.05) is 12.1 Å². The zero-order chi connectivity index (χ0) is 11.4. The van der Waals surface area contributed by atoms with Crippen molar-refractivity contribution in [1.82, 2.24) is 5.32 Å². The Hall–Kier alpha value is -1.02. The zero-order valence-electron chi connectivity index (χ0n) is 9.95. The Kier molecular flexibility index (Phi) is 3.83. The summed E-state index contributed by atoms with van der Waals surface area (Å²) in [5, 5.41) is 13.3. The average molecular weight is 219 g/mol. The van der Waals surface area contributed by atoms with E-state index in [0.29, 0.717) is 11.7 Å². The fourth-order valence-electron chi connectivity index (χ4n) is 2.85. The quantitative estimate of drug-likeness (QED) is 0.819. The van der Waals surface area contributed by atoms with Crippen LogP contribution in [0.1, 0.15) is 37.7 Å². The smallest absolute Gasteiger partial charge is 0.119 e. The molecule has 16 heavy (non-hydrogen) atoms. The molecule has 1 aliphatic heterocycles. The van der Waals surface area contributed by atoms with Gasteiger partial charge in [-0.2, -0.15) is 0 Å². The molecule has 1 atom stereocenters. The standard InChI is InChI=1S/C14H21NO/c1-2-12(11-7-9-15-10-8-11)13-5-3-4-6-14(13)16/h3-6,11-12,15-16H,2,7-10H2,1H3. The lowest BCUT2D eigenvalue weighted by atomic mass is 9.78. The fourth-order valence-corrected chi connectivity index (χ4v) is 2.85. The van der Waals surface area contributed by atoms with Crippen molar-refractivity contribution in [3.05, 3.63) is 29.8 Å². The predicted octanol–water partition coefficient (Wildman–Crippen LogP) is 2.89. The first kappa shape index (κ1) is 11.5. The summed E-state index contributed by atoms with van der Waals surface area (Å²) in [6, 6.07) is 7.80. The lowest BCUT2D eigenvalue weighted by Crippen LogP contribution is -2.30. The van der Waals surface area contributed by atoms with Gasteiger partial charge in [-0.15, -0.1) is 0 Å². The van der Waals surface area contributed by atoms with E-state index in [4.69, 9.17) is 0 Å². The van der Waals surface area contributed by atoms with Crippen molar-refractivity contribution >= 4 is 0 Å². The highest BCUT2D eigenvalue weighted by Crippen LogP contribution is 2.37. The molecule has 1 aromatic rings. The Bertz CT molecular complexity index is 331. The summed E-state index contributed by atoms with van der Waals surface area (Å²) in [5.74, 6) is 1.70. The molecular weight excluding hydrogens is 198 g/mol. The van der Waals surface area contributed by atoms with E-state index in [-0.39, 0.29) is 0 Å². The number of benzene rings is 1. The number of rotatable bonds is 3. The van der Waals surface area contributed by atoms with Gasteiger partial charge in [-0.1, -0.05) is 25.1 Å². The number of para-hydroxylation sites is 1. The van der Waals surface area contributed by atoms with Gasteiger partial charge in [0, 0.05) is 0 Å². The first-order valence-electron chi connectivity index (χ1n) is 6.31. The molecule has 1 aliphatic rings. The van der Waals surface area contributed by atoms with Crippen molar-refractivity contribution in [2.24, 2.45) is 5.92 Å². The number of phenols is 1. The molecule has 2 nitrogen and oxygen atoms in total. The SMILES string of the molecule is CCC(c1ccccc1O)C1CCNCC1. The van der Waals surface area contributed by atoms with Gasteiger partial charge in [-0.05, 0) is 55.8 Å². The minimum Gasteiger partial charge on any atom is -0.508 e. The van der Waals surface area contributed by atoms with Gasteiger partial charge in [-0.3, -0.25) is 0 Å². The highest BCUT2D eigenvalue weighted by Gasteiger charge is 2.25. The minimum absolute atomic E-state index is 0.466. The fraction of sp³-hybridized carbons (Fsp3) is 0.571. The van der Waals surface area contributed by atoms with E-state index in [0.717, 1.165) is 31.0 Å². The molecule has 0 radical (unpaired) electrons. The van der Waals surface area contributed by atoms with Gasteiger partial charge in [0.05, 0.1) is 0 Å². The third-order valence-corrected chi connectivity index (χ3v) is 3.73. The van der Waals surface area contributed by atoms with Crippen molar-refractivity contribution in [3.63, 3.8) is 0 Å². The molecule has 2 rings (SSSR count). The van der Waals surface area contributed by atoms with Gasteiger partial charge in [0.1, 0.15) is 5.75 Å². The third-order valence-electron chi connectivity index (χ3n) is 3.73. The normalized spacial score (nSPS) is 19.6. The van der Waals surface area contributed by atoms with Gasteiger partial charge >= 0.3 is 0 Å². The number of hydrogen-bond acceptors (Lipinski definition) is 2. The second-order valence-electron chi connectivity index (χ2n) is 4.66. The Morgan fingerprint density at radius 2 is 2.00 bits per heavy atom. The van der Waals surface area contributed by atoms with Crippen LogP contribution < -0.4 is 5.32 Å². The minimum atomic E-state index is 0.466. The van der Waals surface area contributed by atoms with Crippen LogP contribution in [0.25, 0.3) is 0 Å². The maximum Gasteiger partial charge on any atom is 0.119 e. The van der Waals surface area contributed by atoms with Crippen molar-refractivity contribution in [2.45, 2.75) is 32.1 Å². The van der Waals surface area contributed by atoms with E-state index in [2.05, 4.69) is 18.3 Å². The second-order valence-corrected chi connectivity index (χ2v) is 4.66. The van der Waals surface area contributed by atoms with E-state index in [1.54, 1.807) is 6.07 Å². The summed E-state index contributed by atoms with van der Waals surface area (Å²) in [4.78, 5) is 0. The molecule has 0 aromatic heterocycles. The molecule has 0 spiro atoms. The van der Waals surface area contributed by atoms with Crippen LogP contribution in [-0.4, -0.2) is 18.2 Å². The molecule has 1 saturated heterocycles. The van der Waals surface area contributed by atoms with E-state index >= 15 is 0 Å². The van der Waals surface area contributed by atoms with Gasteiger partial charge < -0.3 is 10.4 Å². The van der Waals surface area contributed by atoms with Crippen molar-refractivity contribution in [2.75, 3.05) is 13.1 Å². The van der Waals surface area contributed by atoms with E-state index in [9.17, 15) is 5.11 Å². The van der Waals surface area contributed by atoms with Crippen LogP contribution in [0, 0.1) is 5.92 Å². The molecular formula is C14H21NO. The van der Waals surface area contributed by atoms with Crippen LogP contribution in [0.2, 0.25) is 0 Å². The van der Waals surface area contributed by atoms with E-state index < -0.39 is 0 Å². The first-order valence-corrected chi connectivity index (χ1v) is 6.31. The molecule has 2 heteroatoms. The monoisotopic (exact) mass is 219 g/mol. The first-order chi connectivity index (χ1) is 7.83. The lowest BCUT2D eigenvalue weighted by Gasteiger charge is -2.30. The second kappa shape index (κ2) is 5.35. The van der Waals surface area contributed by atoms with Gasteiger partial charge in [-0.25, -0.2) is 0 Å². The highest BCUT2D eigenvalue weighted by molar-refractivity contribution is 5.35. The van der Waals surface area contributed by atoms with Gasteiger partial charge in [0.25, 0.3) is 0 Å². The number of nitrogens with one attached hydrogen (secondary N) is 1. The molecule has 88 valence electrons. The maximum absolute atomic E-state index is 9.93. The van der Waals surface area contributed by atoms with Gasteiger partial charge in [0.15, 0.2) is 0 Å². The Balaban J connectivity index is 2.18. The number of hydrogen-bond donors (Lipinski definition) is 2. The average Bonchev–Trinajstić information content (AvgIpc) is 2.34. The summed E-state index contributed by atoms with van der Waals surface area (Å²) in [6.45, 7) is 4.46. The third kappa shape index (κ3) is 2.38. The predicted molar refractivity (Wildman–Crippen MR) is 66.7 cm³/mol. The van der Waals surface area contributed by atoms with Crippen molar-refractivity contribution < 1.29 is 5.11 Å². The number of phenolic OH excluding ortho intramolecular Hbond substituents is 1. The van der Waals surface area contributed by atoms with Crippen LogP contribution >= 0.6 is 0 Å². The summed E-state index contributed by atoms with van der Waals surface area (Å²) >= 11 is 0. The van der Waals surface area contributed by atoms with Gasteiger partial charge in [0.2, 0.25) is 0 Å². The molecule has 2 N–H and O–H groups in total. The van der Waals surface area contributed by atoms with Crippen molar-refractivity contribution in [3.8, 4) is 5.75 Å². The van der Waals surface area contributed by atoms with Crippen LogP contribution in [0.4, 0.5) is 0 Å². The molecule has 0 bridgehead atoms. The zero-order valence-corrected chi connectivity index (χ0v) is 9.95. The highest BCUT2D eigenvalue weighted by atomic mass is 16.3. The van der Waals surface area contributed by atoms with Crippen LogP contribution in [0.5, 0.6) is 5.75 Å². The molecule has 0 amide bonds. The number of aromatic hydroxyl groups is 1. The topological polar surface area (TPSA) is 32.3 Å². The van der Waals surface area contributed by atoms with E-state index in [1.165, 1.54) is 12.8 Å². The summed E-state index contributed by atoms with van der Waals surface area (Å²) < 4.78 is 0. The summed E-state index contributed by atoms with van der Waals surface area (Å²) in [5.41, 5.74) is 1.14. The molecule has 1 unspecified atom stereocenters. The maximum atomic E-state index is 9.93. The number of piperidine rings is 1. The van der Waals surface area contributed by atoms with Crippen molar-refractivity contribution in [1.29, 1.82) is 0 Å². The van der Waals surface area contributed by atoms with Crippen LogP contribution in [0.3, 0.4) is 0 Å². The Morgan fingerprint density at radius 1 is 1.31 bits per heavy atom. The Labute approximate surface area is 97.7 Å². The summed E-state index contributed by atoms with van der Waals surface area (Å²) in [7, 11) is 0. The Morgan fingerprint density at radius 3 is 2.62 bits per heavy atom. The largest absolute Gasteiger partial charge is 0.508 e. The van der Waals surface area contributed by atoms with Crippen LogP contribution in [-0.2, 0) is 0 Å². The molecule has 0 aliphatic carbocycles. The molecule has 1 aromatic carbocycles. The lowest BCUT2D eigenvalue weighted by molar-refractivity contribution is 0.306. The molecule has 1 heterocycles. The molecule has 0 saturated carbocycles. The van der Waals surface area contributed by atoms with Crippen LogP contribution in [0.15, 0.2) is 24.3 Å². The molecule has 1 fully saturated rings. The summed E-state index contributed by atoms with van der Waals surface area (Å²) in [6.07, 6.45) is 3.57.